The Balaban J connectivity index is 1.39. The number of pyridine rings is 2. The smallest absolute Gasteiger partial charge is 0.221 e. The van der Waals surface area contributed by atoms with Crippen molar-refractivity contribution in [2.24, 2.45) is 0 Å². The average molecular weight is 507 g/mol. The number of carbonyl (C=O) groups is 1. The molecule has 0 bridgehead atoms. The van der Waals surface area contributed by atoms with E-state index in [1.807, 2.05) is 102 Å². The van der Waals surface area contributed by atoms with Crippen molar-refractivity contribution in [2.75, 3.05) is 13.7 Å². The van der Waals surface area contributed by atoms with Crippen molar-refractivity contribution in [1.29, 1.82) is 0 Å². The Bertz CT molecular complexity index is 1490. The monoisotopic (exact) mass is 506 g/mol. The summed E-state index contributed by atoms with van der Waals surface area (Å²) >= 11 is 0. The molecule has 7 heteroatoms. The van der Waals surface area contributed by atoms with Gasteiger partial charge in [0.05, 0.1) is 12.8 Å². The Hall–Kier alpha value is -4.65. The van der Waals surface area contributed by atoms with Gasteiger partial charge in [0, 0.05) is 49.6 Å². The molecule has 2 aromatic carbocycles. The van der Waals surface area contributed by atoms with Crippen molar-refractivity contribution in [3.8, 4) is 11.5 Å². The molecule has 0 aliphatic carbocycles. The Labute approximate surface area is 222 Å². The van der Waals surface area contributed by atoms with Crippen LogP contribution in [0.2, 0.25) is 0 Å². The number of imidazole rings is 1. The number of benzene rings is 2. The number of nitrogens with zero attached hydrogens (tertiary/aromatic N) is 3. The molecule has 0 saturated heterocycles. The molecule has 0 aliphatic rings. The minimum Gasteiger partial charge on any atom is -0.497 e. The summed E-state index contributed by atoms with van der Waals surface area (Å²) in [4.78, 5) is 22.1. The lowest BCUT2D eigenvalue weighted by Gasteiger charge is -2.18. The predicted molar refractivity (Wildman–Crippen MR) is 146 cm³/mol. The van der Waals surface area contributed by atoms with E-state index in [1.165, 1.54) is 0 Å². The normalized spacial score (nSPS) is 11.7. The molecule has 38 heavy (non-hydrogen) atoms. The van der Waals surface area contributed by atoms with Gasteiger partial charge in [-0.2, -0.15) is 0 Å². The highest BCUT2D eigenvalue weighted by Crippen LogP contribution is 2.32. The molecular weight excluding hydrogens is 476 g/mol. The Kier molecular flexibility index (Phi) is 7.94. The lowest BCUT2D eigenvalue weighted by Crippen LogP contribution is -2.27. The van der Waals surface area contributed by atoms with E-state index in [0.717, 1.165) is 28.3 Å². The van der Waals surface area contributed by atoms with Gasteiger partial charge in [-0.1, -0.05) is 48.5 Å². The Morgan fingerprint density at radius 2 is 1.84 bits per heavy atom. The van der Waals surface area contributed by atoms with Gasteiger partial charge in [0.15, 0.2) is 11.4 Å². The fraction of sp³-hybridized carbons (Fsp3) is 0.194. The molecule has 1 atom stereocenters. The average Bonchev–Trinajstić information content (AvgIpc) is 3.40. The first kappa shape index (κ1) is 25.0. The maximum absolute atomic E-state index is 13.1. The van der Waals surface area contributed by atoms with Crippen LogP contribution in [0, 0.1) is 0 Å². The molecule has 1 N–H and O–H groups in total. The molecule has 192 valence electrons. The number of amides is 1. The van der Waals surface area contributed by atoms with Crippen LogP contribution in [0.15, 0.2) is 104 Å². The predicted octanol–water partition coefficient (Wildman–Crippen LogP) is 5.20. The number of fused-ring (bicyclic) bond motifs is 1. The third kappa shape index (κ3) is 6.00. The summed E-state index contributed by atoms with van der Waals surface area (Å²) in [6, 6.07) is 27.5. The number of ether oxygens (including phenoxy) is 2. The zero-order valence-corrected chi connectivity index (χ0v) is 21.3. The minimum absolute atomic E-state index is 0.0415. The van der Waals surface area contributed by atoms with E-state index in [4.69, 9.17) is 14.5 Å². The van der Waals surface area contributed by atoms with Crippen molar-refractivity contribution >= 4 is 11.6 Å². The van der Waals surface area contributed by atoms with E-state index < -0.39 is 0 Å². The van der Waals surface area contributed by atoms with Gasteiger partial charge in [0.2, 0.25) is 5.91 Å². The maximum atomic E-state index is 13.1. The summed E-state index contributed by atoms with van der Waals surface area (Å²) in [5.74, 6) is 1.15. The van der Waals surface area contributed by atoms with Crippen molar-refractivity contribution in [3.05, 3.63) is 126 Å². The number of rotatable bonds is 11. The van der Waals surface area contributed by atoms with Crippen LogP contribution in [0.3, 0.4) is 0 Å². The van der Waals surface area contributed by atoms with Crippen molar-refractivity contribution < 1.29 is 14.3 Å². The molecule has 1 amide bonds. The van der Waals surface area contributed by atoms with Gasteiger partial charge in [0.1, 0.15) is 12.4 Å². The van der Waals surface area contributed by atoms with Crippen LogP contribution in [0.25, 0.3) is 5.65 Å². The van der Waals surface area contributed by atoms with Crippen LogP contribution in [0.1, 0.15) is 34.9 Å². The van der Waals surface area contributed by atoms with Gasteiger partial charge >= 0.3 is 0 Å². The zero-order chi connectivity index (χ0) is 26.2. The highest BCUT2D eigenvalue weighted by Gasteiger charge is 2.23. The molecule has 0 radical (unpaired) electrons. The number of methoxy groups -OCH3 is 1. The van der Waals surface area contributed by atoms with E-state index in [1.54, 1.807) is 13.3 Å². The summed E-state index contributed by atoms with van der Waals surface area (Å²) in [7, 11) is 1.64. The second kappa shape index (κ2) is 12.1. The summed E-state index contributed by atoms with van der Waals surface area (Å²) in [5.41, 5.74) is 4.61. The van der Waals surface area contributed by atoms with E-state index in [-0.39, 0.29) is 18.2 Å². The summed E-state index contributed by atoms with van der Waals surface area (Å²) in [5, 5.41) is 3.06. The largest absolute Gasteiger partial charge is 0.497 e. The molecule has 3 heterocycles. The third-order valence-corrected chi connectivity index (χ3v) is 6.44. The van der Waals surface area contributed by atoms with E-state index in [2.05, 4.69) is 10.3 Å². The van der Waals surface area contributed by atoms with Crippen LogP contribution in [0.4, 0.5) is 0 Å². The van der Waals surface area contributed by atoms with E-state index in [0.29, 0.717) is 31.0 Å². The molecule has 0 fully saturated rings. The molecule has 0 saturated carbocycles. The second-order valence-corrected chi connectivity index (χ2v) is 8.98. The molecule has 0 spiro atoms. The molecule has 1 unspecified atom stereocenters. The molecule has 5 aromatic rings. The van der Waals surface area contributed by atoms with Crippen LogP contribution in [-0.2, 0) is 17.8 Å². The molecule has 3 aromatic heterocycles. The fourth-order valence-corrected chi connectivity index (χ4v) is 4.49. The fourth-order valence-electron chi connectivity index (χ4n) is 4.49. The first-order valence-corrected chi connectivity index (χ1v) is 12.6. The van der Waals surface area contributed by atoms with Crippen LogP contribution in [0.5, 0.6) is 11.5 Å². The van der Waals surface area contributed by atoms with Crippen molar-refractivity contribution in [3.63, 3.8) is 0 Å². The first-order chi connectivity index (χ1) is 18.7. The number of nitrogens with one attached hydrogen (secondary N) is 1. The van der Waals surface area contributed by atoms with Gasteiger partial charge in [0.25, 0.3) is 0 Å². The zero-order valence-electron chi connectivity index (χ0n) is 21.3. The van der Waals surface area contributed by atoms with E-state index in [9.17, 15) is 4.79 Å². The van der Waals surface area contributed by atoms with Gasteiger partial charge in [-0.3, -0.25) is 9.78 Å². The van der Waals surface area contributed by atoms with Gasteiger partial charge in [-0.25, -0.2) is 4.98 Å². The third-order valence-electron chi connectivity index (χ3n) is 6.44. The summed E-state index contributed by atoms with van der Waals surface area (Å²) in [6.07, 6.45) is 6.49. The second-order valence-electron chi connectivity index (χ2n) is 8.98. The quantitative estimate of drug-likeness (QED) is 0.267. The minimum atomic E-state index is -0.237. The SMILES string of the molecule is COc1cccc(C(CC(=O)NCCc2ccccn2)c2cnc3c(OCc4ccccc4)cccn23)c1. The van der Waals surface area contributed by atoms with Gasteiger partial charge in [-0.05, 0) is 47.5 Å². The van der Waals surface area contributed by atoms with Crippen molar-refractivity contribution in [1.82, 2.24) is 19.7 Å². The van der Waals surface area contributed by atoms with Crippen LogP contribution < -0.4 is 14.8 Å². The highest BCUT2D eigenvalue weighted by atomic mass is 16.5. The summed E-state index contributed by atoms with van der Waals surface area (Å²) in [6.45, 7) is 0.964. The van der Waals surface area contributed by atoms with Crippen molar-refractivity contribution in [2.45, 2.75) is 25.4 Å². The first-order valence-electron chi connectivity index (χ1n) is 12.6. The van der Waals surface area contributed by atoms with Crippen LogP contribution >= 0.6 is 0 Å². The lowest BCUT2D eigenvalue weighted by atomic mass is 9.92. The standard InChI is InChI=1S/C31H30N4O3/c1-37-26-13-7-11-24(19-26)27(20-30(36)33-17-15-25-12-5-6-16-32-25)28-21-34-31-29(14-8-18-35(28)31)38-22-23-9-3-2-4-10-23/h2-14,16,18-19,21,27H,15,17,20,22H2,1H3,(H,33,36). The number of aromatic nitrogens is 3. The number of carbonyl (C=O) groups excluding carboxylic acids is 1. The Morgan fingerprint density at radius 1 is 0.974 bits per heavy atom. The summed E-state index contributed by atoms with van der Waals surface area (Å²) < 4.78 is 13.6. The molecule has 7 nitrogen and oxygen atoms in total. The number of hydrogen-bond acceptors (Lipinski definition) is 5. The van der Waals surface area contributed by atoms with E-state index >= 15 is 0 Å². The van der Waals surface area contributed by atoms with Gasteiger partial charge < -0.3 is 19.2 Å². The van der Waals surface area contributed by atoms with Gasteiger partial charge in [-0.15, -0.1) is 0 Å². The molecule has 5 rings (SSSR count). The Morgan fingerprint density at radius 3 is 2.66 bits per heavy atom. The highest BCUT2D eigenvalue weighted by molar-refractivity contribution is 5.77. The van der Waals surface area contributed by atoms with Crippen LogP contribution in [-0.4, -0.2) is 33.9 Å². The number of hydrogen-bond donors (Lipinski definition) is 1. The molecular formula is C31H30N4O3. The maximum Gasteiger partial charge on any atom is 0.221 e. The lowest BCUT2D eigenvalue weighted by molar-refractivity contribution is -0.121. The topological polar surface area (TPSA) is 77.8 Å². The molecule has 0 aliphatic heterocycles.